The van der Waals surface area contributed by atoms with Gasteiger partial charge in [-0.05, 0) is 24.7 Å². The third-order valence-electron chi connectivity index (χ3n) is 2.85. The van der Waals surface area contributed by atoms with E-state index in [1.807, 2.05) is 6.07 Å². The van der Waals surface area contributed by atoms with Gasteiger partial charge in [0.15, 0.2) is 6.61 Å². The zero-order valence-electron chi connectivity index (χ0n) is 9.93. The Kier molecular flexibility index (Phi) is 3.31. The number of hydrogen-bond acceptors (Lipinski definition) is 4. The third kappa shape index (κ3) is 2.25. The Labute approximate surface area is 100.0 Å². The Hall–Kier alpha value is -1.59. The fourth-order valence-corrected chi connectivity index (χ4v) is 1.81. The highest BCUT2D eigenvalue weighted by Crippen LogP contribution is 2.33. The lowest BCUT2D eigenvalue weighted by atomic mass is 10.1. The summed E-state index contributed by atoms with van der Waals surface area (Å²) in [5.74, 6) is 0.588. The number of aliphatic hydroxyl groups is 1. The molecule has 0 aromatic heterocycles. The number of nitrogens with zero attached hydrogens (tertiary/aromatic N) is 1. The van der Waals surface area contributed by atoms with Crippen molar-refractivity contribution < 1.29 is 14.6 Å². The molecule has 1 aliphatic heterocycles. The summed E-state index contributed by atoms with van der Waals surface area (Å²) in [5, 5.41) is 12.8. The monoisotopic (exact) mass is 236 g/mol. The lowest BCUT2D eigenvalue weighted by molar-refractivity contribution is -0.120. The first-order valence-electron chi connectivity index (χ1n) is 5.49. The van der Waals surface area contributed by atoms with Crippen molar-refractivity contribution in [1.82, 2.24) is 5.32 Å². The van der Waals surface area contributed by atoms with Crippen molar-refractivity contribution in [3.05, 3.63) is 23.8 Å². The molecule has 92 valence electrons. The lowest BCUT2D eigenvalue weighted by Gasteiger charge is -2.27. The molecular formula is C12H16N2O3. The van der Waals surface area contributed by atoms with Gasteiger partial charge in [0.1, 0.15) is 5.75 Å². The van der Waals surface area contributed by atoms with E-state index in [1.165, 1.54) is 0 Å². The van der Waals surface area contributed by atoms with Gasteiger partial charge in [0, 0.05) is 13.6 Å². The first-order chi connectivity index (χ1) is 8.13. The standard InChI is InChI=1S/C12H16N2O3/c1-13-6-10(15)8-3-4-11-9(5-8)14(2)12(16)7-17-11/h3-5,10,13,15H,6-7H2,1-2H3. The lowest BCUT2D eigenvalue weighted by Crippen LogP contribution is -2.35. The van der Waals surface area contributed by atoms with Gasteiger partial charge >= 0.3 is 0 Å². The number of likely N-dealkylation sites (N-methyl/N-ethyl adjacent to an activating group) is 2. The summed E-state index contributed by atoms with van der Waals surface area (Å²) in [6, 6.07) is 5.38. The molecule has 0 saturated carbocycles. The molecule has 2 N–H and O–H groups in total. The van der Waals surface area contributed by atoms with Crippen LogP contribution in [0.3, 0.4) is 0 Å². The minimum atomic E-state index is -0.587. The van der Waals surface area contributed by atoms with E-state index in [1.54, 1.807) is 31.1 Å². The molecule has 1 heterocycles. The van der Waals surface area contributed by atoms with Crippen molar-refractivity contribution in [2.24, 2.45) is 0 Å². The largest absolute Gasteiger partial charge is 0.482 e. The highest BCUT2D eigenvalue weighted by atomic mass is 16.5. The maximum absolute atomic E-state index is 11.5. The van der Waals surface area contributed by atoms with E-state index in [0.717, 1.165) is 5.56 Å². The summed E-state index contributed by atoms with van der Waals surface area (Å²) in [6.07, 6.45) is -0.587. The number of ether oxygens (including phenoxy) is 1. The summed E-state index contributed by atoms with van der Waals surface area (Å²) in [7, 11) is 3.48. The first kappa shape index (κ1) is 11.9. The minimum Gasteiger partial charge on any atom is -0.482 e. The van der Waals surface area contributed by atoms with Gasteiger partial charge < -0.3 is 20.1 Å². The molecule has 1 amide bonds. The highest BCUT2D eigenvalue weighted by Gasteiger charge is 2.23. The van der Waals surface area contributed by atoms with Crippen LogP contribution in [-0.2, 0) is 4.79 Å². The number of hydrogen-bond donors (Lipinski definition) is 2. The average molecular weight is 236 g/mol. The molecule has 1 unspecified atom stereocenters. The van der Waals surface area contributed by atoms with Gasteiger partial charge in [-0.15, -0.1) is 0 Å². The number of fused-ring (bicyclic) bond motifs is 1. The number of carbonyl (C=O) groups is 1. The Balaban J connectivity index is 2.32. The van der Waals surface area contributed by atoms with E-state index in [0.29, 0.717) is 18.0 Å². The molecule has 0 radical (unpaired) electrons. The van der Waals surface area contributed by atoms with Crippen molar-refractivity contribution >= 4 is 11.6 Å². The molecule has 2 rings (SSSR count). The molecule has 5 heteroatoms. The number of carbonyl (C=O) groups excluding carboxylic acids is 1. The quantitative estimate of drug-likeness (QED) is 0.792. The summed E-state index contributed by atoms with van der Waals surface area (Å²) in [6.45, 7) is 0.541. The van der Waals surface area contributed by atoms with E-state index in [2.05, 4.69) is 5.32 Å². The molecule has 0 bridgehead atoms. The second-order valence-corrected chi connectivity index (χ2v) is 4.04. The van der Waals surface area contributed by atoms with Crippen LogP contribution in [0.15, 0.2) is 18.2 Å². The molecule has 0 saturated heterocycles. The van der Waals surface area contributed by atoms with Crippen LogP contribution in [0.25, 0.3) is 0 Å². The molecule has 1 aliphatic rings. The molecule has 5 nitrogen and oxygen atoms in total. The normalized spacial score (nSPS) is 16.4. The van der Waals surface area contributed by atoms with Crippen LogP contribution >= 0.6 is 0 Å². The number of anilines is 1. The second-order valence-electron chi connectivity index (χ2n) is 4.04. The fraction of sp³-hybridized carbons (Fsp3) is 0.417. The van der Waals surface area contributed by atoms with Crippen LogP contribution in [0.4, 0.5) is 5.69 Å². The molecule has 0 aliphatic carbocycles. The van der Waals surface area contributed by atoms with Crippen LogP contribution in [0.1, 0.15) is 11.7 Å². The van der Waals surface area contributed by atoms with Crippen molar-refractivity contribution in [2.45, 2.75) is 6.10 Å². The SMILES string of the molecule is CNCC(O)c1ccc2c(c1)N(C)C(=O)CO2. The summed E-state index contributed by atoms with van der Waals surface area (Å²) in [5.41, 5.74) is 1.47. The molecule has 17 heavy (non-hydrogen) atoms. The van der Waals surface area contributed by atoms with Crippen molar-refractivity contribution in [2.75, 3.05) is 32.1 Å². The number of nitrogens with one attached hydrogen (secondary N) is 1. The molecule has 0 spiro atoms. The van der Waals surface area contributed by atoms with E-state index in [-0.39, 0.29) is 12.5 Å². The fourth-order valence-electron chi connectivity index (χ4n) is 1.81. The number of aliphatic hydroxyl groups excluding tert-OH is 1. The Morgan fingerprint density at radius 3 is 3.06 bits per heavy atom. The Morgan fingerprint density at radius 2 is 2.35 bits per heavy atom. The van der Waals surface area contributed by atoms with Crippen LogP contribution in [-0.4, -0.2) is 38.3 Å². The zero-order chi connectivity index (χ0) is 12.4. The van der Waals surface area contributed by atoms with E-state index < -0.39 is 6.10 Å². The first-order valence-corrected chi connectivity index (χ1v) is 5.49. The van der Waals surface area contributed by atoms with Gasteiger partial charge in [0.05, 0.1) is 11.8 Å². The molecular weight excluding hydrogens is 220 g/mol. The smallest absolute Gasteiger partial charge is 0.264 e. The van der Waals surface area contributed by atoms with Gasteiger partial charge in [-0.1, -0.05) is 6.07 Å². The van der Waals surface area contributed by atoms with E-state index in [4.69, 9.17) is 4.74 Å². The summed E-state index contributed by atoms with van der Waals surface area (Å²) >= 11 is 0. The van der Waals surface area contributed by atoms with E-state index >= 15 is 0 Å². The van der Waals surface area contributed by atoms with Gasteiger partial charge in [0.2, 0.25) is 0 Å². The Morgan fingerprint density at radius 1 is 1.59 bits per heavy atom. The van der Waals surface area contributed by atoms with Gasteiger partial charge in [-0.2, -0.15) is 0 Å². The van der Waals surface area contributed by atoms with Crippen molar-refractivity contribution in [3.8, 4) is 5.75 Å². The third-order valence-corrected chi connectivity index (χ3v) is 2.85. The predicted octanol–water partition coefficient (Wildman–Crippen LogP) is 0.295. The molecule has 0 fully saturated rings. The highest BCUT2D eigenvalue weighted by molar-refractivity contribution is 5.97. The number of benzene rings is 1. The topological polar surface area (TPSA) is 61.8 Å². The van der Waals surface area contributed by atoms with Gasteiger partial charge in [-0.3, -0.25) is 4.79 Å². The van der Waals surface area contributed by atoms with E-state index in [9.17, 15) is 9.90 Å². The van der Waals surface area contributed by atoms with Crippen LogP contribution < -0.4 is 15.0 Å². The number of amides is 1. The summed E-state index contributed by atoms with van der Waals surface area (Å²) in [4.78, 5) is 13.0. The zero-order valence-corrected chi connectivity index (χ0v) is 9.93. The average Bonchev–Trinajstić information content (AvgIpc) is 2.34. The maximum atomic E-state index is 11.5. The second kappa shape index (κ2) is 4.73. The maximum Gasteiger partial charge on any atom is 0.264 e. The Bertz CT molecular complexity index is 434. The van der Waals surface area contributed by atoms with Crippen molar-refractivity contribution in [1.29, 1.82) is 0 Å². The molecule has 1 atom stereocenters. The van der Waals surface area contributed by atoms with Gasteiger partial charge in [0.25, 0.3) is 5.91 Å². The molecule has 1 aromatic carbocycles. The number of rotatable bonds is 3. The van der Waals surface area contributed by atoms with Crippen LogP contribution in [0, 0.1) is 0 Å². The minimum absolute atomic E-state index is 0.0713. The molecule has 1 aromatic rings. The van der Waals surface area contributed by atoms with Gasteiger partial charge in [-0.25, -0.2) is 0 Å². The van der Waals surface area contributed by atoms with Crippen LogP contribution in [0.2, 0.25) is 0 Å². The van der Waals surface area contributed by atoms with Crippen LogP contribution in [0.5, 0.6) is 5.75 Å². The summed E-state index contributed by atoms with van der Waals surface area (Å²) < 4.78 is 5.31. The van der Waals surface area contributed by atoms with Crippen molar-refractivity contribution in [3.63, 3.8) is 0 Å². The predicted molar refractivity (Wildman–Crippen MR) is 64.2 cm³/mol.